The lowest BCUT2D eigenvalue weighted by Crippen LogP contribution is -2.31. The number of nitrogens with zero attached hydrogens (tertiary/aromatic N) is 1. The van der Waals surface area contributed by atoms with E-state index in [1.165, 1.54) is 25.3 Å². The molecule has 21 heavy (non-hydrogen) atoms. The molecule has 1 aromatic rings. The standard InChI is InChI=1S/C12H13NO3.C3H8.C2H6/c1-9(15)7-13(2)12(16)11-6-4-3-5-10(11)8-14;1-3-2;1-2/h3-6,8H,7H2,1-2H3;3H2,1-2H3;1-2H3. The number of amides is 1. The van der Waals surface area contributed by atoms with Crippen LogP contribution in [0.3, 0.4) is 0 Å². The van der Waals surface area contributed by atoms with Gasteiger partial charge in [0.1, 0.15) is 5.78 Å². The van der Waals surface area contributed by atoms with Crippen molar-refractivity contribution in [3.8, 4) is 0 Å². The molecule has 4 heteroatoms. The fourth-order valence-electron chi connectivity index (χ4n) is 1.41. The fraction of sp³-hybridized carbons (Fsp3) is 0.471. The second-order valence-electron chi connectivity index (χ2n) is 4.28. The number of rotatable bonds is 4. The second-order valence-corrected chi connectivity index (χ2v) is 4.28. The van der Waals surface area contributed by atoms with Gasteiger partial charge in [0, 0.05) is 12.6 Å². The molecule has 0 aromatic heterocycles. The van der Waals surface area contributed by atoms with Crippen LogP contribution in [0.5, 0.6) is 0 Å². The molecule has 0 saturated heterocycles. The van der Waals surface area contributed by atoms with Crippen LogP contribution in [0.4, 0.5) is 0 Å². The van der Waals surface area contributed by atoms with Gasteiger partial charge in [-0.05, 0) is 13.0 Å². The van der Waals surface area contributed by atoms with Gasteiger partial charge in [0.2, 0.25) is 0 Å². The van der Waals surface area contributed by atoms with Crippen LogP contribution in [-0.2, 0) is 4.79 Å². The summed E-state index contributed by atoms with van der Waals surface area (Å²) < 4.78 is 0. The Balaban J connectivity index is 0. The first-order valence-corrected chi connectivity index (χ1v) is 7.26. The molecule has 0 unspecified atom stereocenters. The molecule has 0 spiro atoms. The number of aldehydes is 1. The van der Waals surface area contributed by atoms with E-state index in [0.29, 0.717) is 17.4 Å². The molecule has 1 amide bonds. The van der Waals surface area contributed by atoms with Crippen molar-refractivity contribution in [3.63, 3.8) is 0 Å². The summed E-state index contributed by atoms with van der Waals surface area (Å²) in [6, 6.07) is 6.51. The maximum absolute atomic E-state index is 11.9. The van der Waals surface area contributed by atoms with Gasteiger partial charge in [-0.2, -0.15) is 0 Å². The summed E-state index contributed by atoms with van der Waals surface area (Å²) in [5.74, 6) is -0.419. The van der Waals surface area contributed by atoms with Gasteiger partial charge in [-0.15, -0.1) is 0 Å². The van der Waals surface area contributed by atoms with Crippen LogP contribution >= 0.6 is 0 Å². The Labute approximate surface area is 128 Å². The second kappa shape index (κ2) is 13.0. The Bertz CT molecular complexity index is 441. The lowest BCUT2D eigenvalue weighted by atomic mass is 10.1. The van der Waals surface area contributed by atoms with Crippen LogP contribution in [-0.4, -0.2) is 36.5 Å². The number of benzene rings is 1. The zero-order chi connectivity index (χ0) is 16.8. The summed E-state index contributed by atoms with van der Waals surface area (Å²) >= 11 is 0. The van der Waals surface area contributed by atoms with E-state index in [1.54, 1.807) is 24.3 Å². The Morgan fingerprint density at radius 3 is 2.05 bits per heavy atom. The predicted molar refractivity (Wildman–Crippen MR) is 86.8 cm³/mol. The third-order valence-corrected chi connectivity index (χ3v) is 2.12. The molecule has 118 valence electrons. The minimum Gasteiger partial charge on any atom is -0.334 e. The van der Waals surface area contributed by atoms with E-state index in [9.17, 15) is 14.4 Å². The Morgan fingerprint density at radius 1 is 1.14 bits per heavy atom. The van der Waals surface area contributed by atoms with Crippen molar-refractivity contribution in [3.05, 3.63) is 35.4 Å². The van der Waals surface area contributed by atoms with E-state index in [0.717, 1.165) is 0 Å². The molecular formula is C17H27NO3. The molecule has 0 aliphatic rings. The zero-order valence-corrected chi connectivity index (χ0v) is 14.0. The molecule has 0 fully saturated rings. The lowest BCUT2D eigenvalue weighted by molar-refractivity contribution is -0.117. The van der Waals surface area contributed by atoms with E-state index in [2.05, 4.69) is 13.8 Å². The van der Waals surface area contributed by atoms with E-state index < -0.39 is 0 Å². The number of hydrogen-bond donors (Lipinski definition) is 0. The van der Waals surface area contributed by atoms with Gasteiger partial charge in [-0.3, -0.25) is 14.4 Å². The Hall–Kier alpha value is -1.97. The monoisotopic (exact) mass is 293 g/mol. The van der Waals surface area contributed by atoms with Crippen LogP contribution in [0, 0.1) is 0 Å². The zero-order valence-electron chi connectivity index (χ0n) is 14.0. The van der Waals surface area contributed by atoms with E-state index >= 15 is 0 Å². The van der Waals surface area contributed by atoms with Crippen molar-refractivity contribution in [2.75, 3.05) is 13.6 Å². The first-order chi connectivity index (χ1) is 9.97. The van der Waals surface area contributed by atoms with Crippen molar-refractivity contribution in [2.45, 2.75) is 41.0 Å². The quantitative estimate of drug-likeness (QED) is 0.797. The smallest absolute Gasteiger partial charge is 0.254 e. The van der Waals surface area contributed by atoms with Gasteiger partial charge in [-0.25, -0.2) is 0 Å². The SMILES string of the molecule is CC.CC(=O)CN(C)C(=O)c1ccccc1C=O.CCC. The highest BCUT2D eigenvalue weighted by Gasteiger charge is 2.15. The van der Waals surface area contributed by atoms with Gasteiger partial charge in [0.05, 0.1) is 12.1 Å². The van der Waals surface area contributed by atoms with Crippen molar-refractivity contribution < 1.29 is 14.4 Å². The molecule has 0 aliphatic carbocycles. The normalized spacial score (nSPS) is 8.48. The molecular weight excluding hydrogens is 266 g/mol. The molecule has 0 atom stereocenters. The summed E-state index contributed by atoms with van der Waals surface area (Å²) in [5, 5.41) is 0. The summed E-state index contributed by atoms with van der Waals surface area (Å²) in [7, 11) is 1.53. The minimum absolute atomic E-state index is 0.0476. The van der Waals surface area contributed by atoms with Gasteiger partial charge in [0.25, 0.3) is 5.91 Å². The third kappa shape index (κ3) is 8.74. The summed E-state index contributed by atoms with van der Waals surface area (Å²) in [5.41, 5.74) is 0.657. The molecule has 0 bridgehead atoms. The van der Waals surface area contributed by atoms with Crippen LogP contribution < -0.4 is 0 Å². The number of hydrogen-bond acceptors (Lipinski definition) is 3. The van der Waals surface area contributed by atoms with E-state index in [1.807, 2.05) is 13.8 Å². The number of Topliss-reactive ketones (excluding diaryl/α,β-unsaturated/α-hetero) is 1. The van der Waals surface area contributed by atoms with Crippen LogP contribution in [0.2, 0.25) is 0 Å². The molecule has 0 radical (unpaired) electrons. The molecule has 0 N–H and O–H groups in total. The minimum atomic E-state index is -0.321. The summed E-state index contributed by atoms with van der Waals surface area (Å²) in [6.07, 6.45) is 1.88. The van der Waals surface area contributed by atoms with Crippen molar-refractivity contribution in [1.29, 1.82) is 0 Å². The first kappa shape index (κ1) is 21.3. The molecule has 0 heterocycles. The van der Waals surface area contributed by atoms with E-state index in [-0.39, 0.29) is 18.2 Å². The molecule has 4 nitrogen and oxygen atoms in total. The van der Waals surface area contributed by atoms with E-state index in [4.69, 9.17) is 0 Å². The Morgan fingerprint density at radius 2 is 1.62 bits per heavy atom. The topological polar surface area (TPSA) is 54.5 Å². The first-order valence-electron chi connectivity index (χ1n) is 7.26. The average Bonchev–Trinajstić information content (AvgIpc) is 2.48. The van der Waals surface area contributed by atoms with Crippen LogP contribution in [0.25, 0.3) is 0 Å². The third-order valence-electron chi connectivity index (χ3n) is 2.12. The predicted octanol–water partition coefficient (Wildman–Crippen LogP) is 3.60. The maximum Gasteiger partial charge on any atom is 0.254 e. The van der Waals surface area contributed by atoms with Gasteiger partial charge in [0.15, 0.2) is 6.29 Å². The number of ketones is 1. The van der Waals surface area contributed by atoms with Gasteiger partial charge < -0.3 is 4.90 Å². The number of likely N-dealkylation sites (N-methyl/N-ethyl adjacent to an activating group) is 1. The molecule has 1 rings (SSSR count). The highest BCUT2D eigenvalue weighted by molar-refractivity contribution is 6.02. The number of carbonyl (C=O) groups excluding carboxylic acids is 3. The average molecular weight is 293 g/mol. The van der Waals surface area contributed by atoms with Crippen molar-refractivity contribution in [2.24, 2.45) is 0 Å². The fourth-order valence-corrected chi connectivity index (χ4v) is 1.41. The van der Waals surface area contributed by atoms with Gasteiger partial charge in [-0.1, -0.05) is 52.3 Å². The van der Waals surface area contributed by atoms with Crippen LogP contribution in [0.15, 0.2) is 24.3 Å². The number of carbonyl (C=O) groups is 3. The molecule has 1 aromatic carbocycles. The Kier molecular flexibility index (Phi) is 13.2. The molecule has 0 saturated carbocycles. The van der Waals surface area contributed by atoms with Crippen molar-refractivity contribution in [1.82, 2.24) is 4.90 Å². The highest BCUT2D eigenvalue weighted by atomic mass is 16.2. The molecule has 0 aliphatic heterocycles. The van der Waals surface area contributed by atoms with Crippen LogP contribution in [0.1, 0.15) is 61.8 Å². The lowest BCUT2D eigenvalue weighted by Gasteiger charge is -2.16. The summed E-state index contributed by atoms with van der Waals surface area (Å²) in [4.78, 5) is 34.8. The maximum atomic E-state index is 11.9. The van der Waals surface area contributed by atoms with Gasteiger partial charge >= 0.3 is 0 Å². The highest BCUT2D eigenvalue weighted by Crippen LogP contribution is 2.08. The largest absolute Gasteiger partial charge is 0.334 e. The van der Waals surface area contributed by atoms with Crippen molar-refractivity contribution >= 4 is 18.0 Å². The summed E-state index contributed by atoms with van der Waals surface area (Å²) in [6.45, 7) is 9.71.